The highest BCUT2D eigenvalue weighted by molar-refractivity contribution is 6.29. The molecular weight excluding hydrogens is 231 g/mol. The summed E-state index contributed by atoms with van der Waals surface area (Å²) in [5.74, 6) is -1.08. The van der Waals surface area contributed by atoms with Gasteiger partial charge in [-0.15, -0.1) is 23.2 Å². The molecule has 14 heavy (non-hydrogen) atoms. The number of alkyl halides is 2. The van der Waals surface area contributed by atoms with Gasteiger partial charge in [0.05, 0.1) is 0 Å². The number of carbonyl (C=O) groups is 2. The molecule has 0 bridgehead atoms. The average Bonchev–Trinajstić information content (AvgIpc) is 2.11. The van der Waals surface area contributed by atoms with Crippen LogP contribution in [0.15, 0.2) is 0 Å². The molecule has 4 nitrogen and oxygen atoms in total. The second-order valence-corrected chi connectivity index (χ2v) is 3.88. The van der Waals surface area contributed by atoms with Crippen LogP contribution in [0.1, 0.15) is 13.8 Å². The maximum Gasteiger partial charge on any atom is 0.323 e. The molecule has 0 N–H and O–H groups in total. The smallest absolute Gasteiger partial charge is 0.323 e. The SMILES string of the molecule is CC(Cl)C(=O)OCCOC(=O)C(C)Cl. The molecule has 0 aliphatic heterocycles. The van der Waals surface area contributed by atoms with E-state index in [1.54, 1.807) is 0 Å². The van der Waals surface area contributed by atoms with Crippen molar-refractivity contribution < 1.29 is 19.1 Å². The fourth-order valence-electron chi connectivity index (χ4n) is 0.514. The van der Waals surface area contributed by atoms with Crippen LogP contribution in [0, 0.1) is 0 Å². The van der Waals surface area contributed by atoms with Crippen molar-refractivity contribution in [1.29, 1.82) is 0 Å². The normalized spacial score (nSPS) is 14.3. The van der Waals surface area contributed by atoms with Gasteiger partial charge in [-0.25, -0.2) is 0 Å². The summed E-state index contributed by atoms with van der Waals surface area (Å²) in [5, 5.41) is -1.39. The van der Waals surface area contributed by atoms with Crippen LogP contribution in [0.3, 0.4) is 0 Å². The lowest BCUT2D eigenvalue weighted by molar-refractivity contribution is -0.151. The number of esters is 2. The van der Waals surface area contributed by atoms with Crippen molar-refractivity contribution >= 4 is 35.1 Å². The highest BCUT2D eigenvalue weighted by Gasteiger charge is 2.12. The van der Waals surface area contributed by atoms with Crippen molar-refractivity contribution in [1.82, 2.24) is 0 Å². The largest absolute Gasteiger partial charge is 0.461 e. The van der Waals surface area contributed by atoms with Gasteiger partial charge in [-0.05, 0) is 13.8 Å². The Kier molecular flexibility index (Phi) is 6.66. The average molecular weight is 243 g/mol. The first kappa shape index (κ1) is 13.5. The molecule has 0 aromatic rings. The number of carbonyl (C=O) groups excluding carboxylic acids is 2. The van der Waals surface area contributed by atoms with Gasteiger partial charge < -0.3 is 9.47 Å². The van der Waals surface area contributed by atoms with Gasteiger partial charge in [-0.3, -0.25) is 9.59 Å². The number of hydrogen-bond donors (Lipinski definition) is 0. The van der Waals surface area contributed by atoms with Gasteiger partial charge >= 0.3 is 11.9 Å². The van der Waals surface area contributed by atoms with Crippen molar-refractivity contribution in [2.24, 2.45) is 0 Å². The quantitative estimate of drug-likeness (QED) is 0.415. The molecule has 2 unspecified atom stereocenters. The van der Waals surface area contributed by atoms with E-state index in [0.717, 1.165) is 0 Å². The maximum atomic E-state index is 10.8. The number of halogens is 2. The number of rotatable bonds is 5. The molecule has 0 heterocycles. The summed E-state index contributed by atoms with van der Waals surface area (Å²) in [6.45, 7) is 2.98. The Hall–Kier alpha value is -0.480. The summed E-state index contributed by atoms with van der Waals surface area (Å²) in [6, 6.07) is 0. The third kappa shape index (κ3) is 6.05. The summed E-state index contributed by atoms with van der Waals surface area (Å²) >= 11 is 10.8. The summed E-state index contributed by atoms with van der Waals surface area (Å²) < 4.78 is 9.28. The van der Waals surface area contributed by atoms with E-state index in [-0.39, 0.29) is 13.2 Å². The van der Waals surface area contributed by atoms with Gasteiger partial charge in [-0.1, -0.05) is 0 Å². The Morgan fingerprint density at radius 1 is 1.00 bits per heavy atom. The molecule has 0 aromatic carbocycles. The van der Waals surface area contributed by atoms with E-state index in [9.17, 15) is 9.59 Å². The maximum absolute atomic E-state index is 10.8. The molecule has 0 fully saturated rings. The molecule has 0 aliphatic carbocycles. The molecule has 0 aromatic heterocycles. The highest BCUT2D eigenvalue weighted by atomic mass is 35.5. The van der Waals surface area contributed by atoms with Gasteiger partial charge in [0.1, 0.15) is 24.0 Å². The zero-order chi connectivity index (χ0) is 11.1. The molecule has 0 amide bonds. The van der Waals surface area contributed by atoms with Crippen molar-refractivity contribution in [2.45, 2.75) is 24.6 Å². The Bertz CT molecular complexity index is 182. The molecule has 0 radical (unpaired) electrons. The van der Waals surface area contributed by atoms with Crippen LogP contribution in [0.5, 0.6) is 0 Å². The van der Waals surface area contributed by atoms with Crippen molar-refractivity contribution in [3.63, 3.8) is 0 Å². The minimum atomic E-state index is -0.697. The van der Waals surface area contributed by atoms with Crippen molar-refractivity contribution in [3.05, 3.63) is 0 Å². The number of hydrogen-bond acceptors (Lipinski definition) is 4. The zero-order valence-electron chi connectivity index (χ0n) is 7.96. The molecule has 82 valence electrons. The Labute approximate surface area is 92.5 Å². The number of ether oxygens (including phenoxy) is 2. The fraction of sp³-hybridized carbons (Fsp3) is 0.750. The Morgan fingerprint density at radius 3 is 1.50 bits per heavy atom. The van der Waals surface area contributed by atoms with Gasteiger partial charge in [-0.2, -0.15) is 0 Å². The predicted octanol–water partition coefficient (Wildman–Crippen LogP) is 1.33. The van der Waals surface area contributed by atoms with Crippen molar-refractivity contribution in [2.75, 3.05) is 13.2 Å². The monoisotopic (exact) mass is 242 g/mol. The summed E-state index contributed by atoms with van der Waals surface area (Å²) in [7, 11) is 0. The fourth-order valence-corrected chi connectivity index (χ4v) is 0.640. The van der Waals surface area contributed by atoms with Crippen LogP contribution in [-0.2, 0) is 19.1 Å². The van der Waals surface area contributed by atoms with E-state index >= 15 is 0 Å². The molecule has 6 heteroatoms. The van der Waals surface area contributed by atoms with E-state index in [1.165, 1.54) is 13.8 Å². The van der Waals surface area contributed by atoms with E-state index in [1.807, 2.05) is 0 Å². The van der Waals surface area contributed by atoms with Gasteiger partial charge in [0, 0.05) is 0 Å². The highest BCUT2D eigenvalue weighted by Crippen LogP contribution is 1.98. The van der Waals surface area contributed by atoms with E-state index < -0.39 is 22.7 Å². The Morgan fingerprint density at radius 2 is 1.29 bits per heavy atom. The topological polar surface area (TPSA) is 52.6 Å². The predicted molar refractivity (Wildman–Crippen MR) is 52.5 cm³/mol. The van der Waals surface area contributed by atoms with Crippen LogP contribution < -0.4 is 0 Å². The molecule has 0 aliphatic rings. The first-order chi connectivity index (χ1) is 6.45. The van der Waals surface area contributed by atoms with Crippen LogP contribution in [0.4, 0.5) is 0 Å². The lowest BCUT2D eigenvalue weighted by Crippen LogP contribution is -2.21. The molecule has 0 spiro atoms. The van der Waals surface area contributed by atoms with Gasteiger partial charge in [0.15, 0.2) is 0 Å². The zero-order valence-corrected chi connectivity index (χ0v) is 9.47. The Balaban J connectivity index is 3.48. The van der Waals surface area contributed by atoms with E-state index in [2.05, 4.69) is 9.47 Å². The van der Waals surface area contributed by atoms with Gasteiger partial charge in [0.25, 0.3) is 0 Å². The second kappa shape index (κ2) is 6.90. The minimum absolute atomic E-state index is 0.00869. The molecule has 0 rings (SSSR count). The molecule has 0 saturated carbocycles. The summed E-state index contributed by atoms with van der Waals surface area (Å²) in [4.78, 5) is 21.6. The molecule has 2 atom stereocenters. The lowest BCUT2D eigenvalue weighted by atomic mass is 10.5. The third-order valence-electron chi connectivity index (χ3n) is 1.22. The third-order valence-corrected chi connectivity index (χ3v) is 1.58. The molecule has 0 saturated heterocycles. The van der Waals surface area contributed by atoms with Crippen LogP contribution in [0.2, 0.25) is 0 Å². The standard InChI is InChI=1S/C8H12Cl2O4/c1-5(9)7(11)13-3-4-14-8(12)6(2)10/h5-6H,3-4H2,1-2H3. The summed E-state index contributed by atoms with van der Waals surface area (Å²) in [6.07, 6.45) is 0. The van der Waals surface area contributed by atoms with Gasteiger partial charge in [0.2, 0.25) is 0 Å². The van der Waals surface area contributed by atoms with Crippen molar-refractivity contribution in [3.8, 4) is 0 Å². The first-order valence-electron chi connectivity index (χ1n) is 4.06. The van der Waals surface area contributed by atoms with Crippen LogP contribution in [-0.4, -0.2) is 35.9 Å². The minimum Gasteiger partial charge on any atom is -0.461 e. The second-order valence-electron chi connectivity index (χ2n) is 2.57. The van der Waals surface area contributed by atoms with Crippen LogP contribution >= 0.6 is 23.2 Å². The lowest BCUT2D eigenvalue weighted by Gasteiger charge is -2.07. The van der Waals surface area contributed by atoms with Crippen LogP contribution in [0.25, 0.3) is 0 Å². The first-order valence-corrected chi connectivity index (χ1v) is 4.94. The molecular formula is C8H12Cl2O4. The summed E-state index contributed by atoms with van der Waals surface area (Å²) in [5.41, 5.74) is 0. The van der Waals surface area contributed by atoms with E-state index in [0.29, 0.717) is 0 Å². The van der Waals surface area contributed by atoms with E-state index in [4.69, 9.17) is 23.2 Å².